The van der Waals surface area contributed by atoms with E-state index in [1.54, 1.807) is 23.1 Å². The van der Waals surface area contributed by atoms with Crippen LogP contribution in [-0.4, -0.2) is 25.0 Å². The normalized spacial score (nSPS) is 13.4. The molecule has 3 rings (SSSR count). The van der Waals surface area contributed by atoms with Crippen LogP contribution in [0.2, 0.25) is 0 Å². The Morgan fingerprint density at radius 3 is 2.72 bits per heavy atom. The fourth-order valence-electron chi connectivity index (χ4n) is 2.87. The van der Waals surface area contributed by atoms with Gasteiger partial charge in [-0.25, -0.2) is 0 Å². The molecule has 0 bridgehead atoms. The van der Waals surface area contributed by atoms with Crippen LogP contribution in [0.25, 0.3) is 0 Å². The molecule has 0 fully saturated rings. The predicted octanol–water partition coefficient (Wildman–Crippen LogP) is 3.63. The summed E-state index contributed by atoms with van der Waals surface area (Å²) in [6.45, 7) is 6.71. The molecule has 2 aromatic carbocycles. The topological polar surface area (TPSA) is 58.6 Å². The van der Waals surface area contributed by atoms with Crippen molar-refractivity contribution in [2.75, 3.05) is 23.4 Å². The number of hydrogen-bond donors (Lipinski definition) is 1. The molecule has 1 N–H and O–H groups in total. The molecule has 1 aliphatic heterocycles. The number of hydrogen-bond acceptors (Lipinski definition) is 3. The van der Waals surface area contributed by atoms with Gasteiger partial charge < -0.3 is 15.0 Å². The van der Waals surface area contributed by atoms with Gasteiger partial charge in [0.1, 0.15) is 5.75 Å². The van der Waals surface area contributed by atoms with Gasteiger partial charge in [0.15, 0.2) is 6.61 Å². The highest BCUT2D eigenvalue weighted by molar-refractivity contribution is 6.06. The van der Waals surface area contributed by atoms with Crippen LogP contribution in [0.15, 0.2) is 42.5 Å². The van der Waals surface area contributed by atoms with Crippen LogP contribution >= 0.6 is 0 Å². The van der Waals surface area contributed by atoms with Gasteiger partial charge >= 0.3 is 0 Å². The summed E-state index contributed by atoms with van der Waals surface area (Å²) in [6.07, 6.45) is 0. The third kappa shape index (κ3) is 3.65. The van der Waals surface area contributed by atoms with Crippen molar-refractivity contribution in [3.63, 3.8) is 0 Å². The largest absolute Gasteiger partial charge is 0.481 e. The summed E-state index contributed by atoms with van der Waals surface area (Å²) in [4.78, 5) is 26.3. The Hall–Kier alpha value is -2.82. The summed E-state index contributed by atoms with van der Waals surface area (Å²) in [7, 11) is 0. The first-order valence-corrected chi connectivity index (χ1v) is 8.40. The molecule has 0 saturated carbocycles. The Morgan fingerprint density at radius 1 is 1.24 bits per heavy atom. The highest BCUT2D eigenvalue weighted by Crippen LogP contribution is 2.35. The number of ether oxygens (including phenoxy) is 1. The van der Waals surface area contributed by atoms with E-state index in [0.29, 0.717) is 29.5 Å². The van der Waals surface area contributed by atoms with Crippen LogP contribution < -0.4 is 15.0 Å². The first-order valence-electron chi connectivity index (χ1n) is 8.40. The third-order valence-electron chi connectivity index (χ3n) is 4.10. The first kappa shape index (κ1) is 17.0. The van der Waals surface area contributed by atoms with Gasteiger partial charge in [0, 0.05) is 23.9 Å². The van der Waals surface area contributed by atoms with E-state index in [-0.39, 0.29) is 18.4 Å². The molecule has 0 aliphatic carbocycles. The summed E-state index contributed by atoms with van der Waals surface area (Å²) in [5, 5.41) is 2.89. The maximum absolute atomic E-state index is 12.4. The zero-order chi connectivity index (χ0) is 18.0. The predicted molar refractivity (Wildman–Crippen MR) is 98.3 cm³/mol. The lowest BCUT2D eigenvalue weighted by molar-refractivity contribution is -0.121. The average Bonchev–Trinajstić information content (AvgIpc) is 2.57. The Kier molecular flexibility index (Phi) is 4.74. The third-order valence-corrected chi connectivity index (χ3v) is 4.10. The standard InChI is InChI=1S/C20H22N2O3/c1-13(2)11-22-17-9-8-15(10-18(17)25-12-19(22)23)21-20(24)16-7-5-4-6-14(16)3/h4-10,13H,11-12H2,1-3H3,(H,21,24). The maximum Gasteiger partial charge on any atom is 0.265 e. The summed E-state index contributed by atoms with van der Waals surface area (Å²) >= 11 is 0. The van der Waals surface area contributed by atoms with Crippen LogP contribution in [0.3, 0.4) is 0 Å². The zero-order valence-electron chi connectivity index (χ0n) is 14.7. The lowest BCUT2D eigenvalue weighted by atomic mass is 10.1. The smallest absolute Gasteiger partial charge is 0.265 e. The molecule has 2 amide bonds. The summed E-state index contributed by atoms with van der Waals surface area (Å²) < 4.78 is 5.56. The van der Waals surface area contributed by atoms with Crippen molar-refractivity contribution in [3.8, 4) is 5.75 Å². The van der Waals surface area contributed by atoms with E-state index in [4.69, 9.17) is 4.74 Å². The number of benzene rings is 2. The number of amides is 2. The van der Waals surface area contributed by atoms with Crippen LogP contribution in [0.4, 0.5) is 11.4 Å². The van der Waals surface area contributed by atoms with Gasteiger partial charge in [-0.3, -0.25) is 9.59 Å². The van der Waals surface area contributed by atoms with Crippen LogP contribution in [0.5, 0.6) is 5.75 Å². The molecular formula is C20H22N2O3. The second-order valence-electron chi connectivity index (χ2n) is 6.64. The minimum absolute atomic E-state index is 0.0227. The molecule has 5 nitrogen and oxygen atoms in total. The van der Waals surface area contributed by atoms with Gasteiger partial charge in [-0.15, -0.1) is 0 Å². The molecule has 0 unspecified atom stereocenters. The van der Waals surface area contributed by atoms with Crippen molar-refractivity contribution in [2.45, 2.75) is 20.8 Å². The van der Waals surface area contributed by atoms with Crippen LogP contribution in [0.1, 0.15) is 29.8 Å². The number of carbonyl (C=O) groups excluding carboxylic acids is 2. The van der Waals surface area contributed by atoms with Crippen molar-refractivity contribution in [1.82, 2.24) is 0 Å². The Morgan fingerprint density at radius 2 is 2.00 bits per heavy atom. The lowest BCUT2D eigenvalue weighted by Gasteiger charge is -2.31. The molecule has 1 aliphatic rings. The quantitative estimate of drug-likeness (QED) is 0.926. The number of anilines is 2. The van der Waals surface area contributed by atoms with E-state index < -0.39 is 0 Å². The van der Waals surface area contributed by atoms with E-state index in [0.717, 1.165) is 11.3 Å². The second-order valence-corrected chi connectivity index (χ2v) is 6.64. The van der Waals surface area contributed by atoms with E-state index >= 15 is 0 Å². The minimum Gasteiger partial charge on any atom is -0.481 e. The molecule has 1 heterocycles. The Labute approximate surface area is 147 Å². The molecule has 0 radical (unpaired) electrons. The number of rotatable bonds is 4. The van der Waals surface area contributed by atoms with E-state index in [9.17, 15) is 9.59 Å². The van der Waals surface area contributed by atoms with Crippen molar-refractivity contribution in [1.29, 1.82) is 0 Å². The van der Waals surface area contributed by atoms with Gasteiger partial charge in [0.2, 0.25) is 0 Å². The maximum atomic E-state index is 12.4. The zero-order valence-corrected chi connectivity index (χ0v) is 14.7. The minimum atomic E-state index is -0.163. The monoisotopic (exact) mass is 338 g/mol. The van der Waals surface area contributed by atoms with Gasteiger partial charge in [-0.05, 0) is 36.6 Å². The molecule has 0 aromatic heterocycles. The van der Waals surface area contributed by atoms with E-state index in [1.165, 1.54) is 0 Å². The summed E-state index contributed by atoms with van der Waals surface area (Å²) in [6, 6.07) is 12.8. The molecule has 0 spiro atoms. The Balaban J connectivity index is 1.83. The molecular weight excluding hydrogens is 316 g/mol. The number of carbonyl (C=O) groups is 2. The highest BCUT2D eigenvalue weighted by Gasteiger charge is 2.26. The number of nitrogens with one attached hydrogen (secondary N) is 1. The number of nitrogens with zero attached hydrogens (tertiary/aromatic N) is 1. The van der Waals surface area contributed by atoms with Crippen LogP contribution in [-0.2, 0) is 4.79 Å². The van der Waals surface area contributed by atoms with Crippen LogP contribution in [0, 0.1) is 12.8 Å². The van der Waals surface area contributed by atoms with Gasteiger partial charge in [0.25, 0.3) is 11.8 Å². The molecule has 25 heavy (non-hydrogen) atoms. The fraction of sp³-hybridized carbons (Fsp3) is 0.300. The number of aryl methyl sites for hydroxylation is 1. The summed E-state index contributed by atoms with van der Waals surface area (Å²) in [5.41, 5.74) is 2.95. The second kappa shape index (κ2) is 6.97. The van der Waals surface area contributed by atoms with E-state index in [1.807, 2.05) is 31.2 Å². The molecule has 130 valence electrons. The van der Waals surface area contributed by atoms with Crippen molar-refractivity contribution in [3.05, 3.63) is 53.6 Å². The fourth-order valence-corrected chi connectivity index (χ4v) is 2.87. The van der Waals surface area contributed by atoms with Gasteiger partial charge in [-0.1, -0.05) is 32.0 Å². The molecule has 0 atom stereocenters. The number of fused-ring (bicyclic) bond motifs is 1. The van der Waals surface area contributed by atoms with Crippen molar-refractivity contribution < 1.29 is 14.3 Å². The summed E-state index contributed by atoms with van der Waals surface area (Å²) in [5.74, 6) is 0.764. The first-order chi connectivity index (χ1) is 12.0. The lowest BCUT2D eigenvalue weighted by Crippen LogP contribution is -2.40. The molecule has 5 heteroatoms. The van der Waals surface area contributed by atoms with Gasteiger partial charge in [-0.2, -0.15) is 0 Å². The van der Waals surface area contributed by atoms with Crippen molar-refractivity contribution in [2.24, 2.45) is 5.92 Å². The Bertz CT molecular complexity index is 814. The highest BCUT2D eigenvalue weighted by atomic mass is 16.5. The van der Waals surface area contributed by atoms with E-state index in [2.05, 4.69) is 19.2 Å². The molecule has 2 aromatic rings. The molecule has 0 saturated heterocycles. The SMILES string of the molecule is Cc1ccccc1C(=O)Nc1ccc2c(c1)OCC(=O)N2CC(C)C. The average molecular weight is 338 g/mol. The van der Waals surface area contributed by atoms with Gasteiger partial charge in [0.05, 0.1) is 5.69 Å². The van der Waals surface area contributed by atoms with Crippen molar-refractivity contribution >= 4 is 23.2 Å².